The first-order valence-electron chi connectivity index (χ1n) is 4.82. The van der Waals surface area contributed by atoms with Crippen molar-refractivity contribution in [2.75, 3.05) is 13.7 Å². The van der Waals surface area contributed by atoms with E-state index in [-0.39, 0.29) is 24.9 Å². The largest absolute Gasteiger partial charge is 0.468 e. The van der Waals surface area contributed by atoms with E-state index in [9.17, 15) is 9.59 Å². The van der Waals surface area contributed by atoms with Crippen molar-refractivity contribution in [2.45, 2.75) is 6.04 Å². The van der Waals surface area contributed by atoms with Crippen LogP contribution in [-0.4, -0.2) is 31.6 Å². The zero-order valence-corrected chi connectivity index (χ0v) is 10.2. The lowest BCUT2D eigenvalue weighted by Gasteiger charge is -2.10. The fraction of sp³-hybridized carbons (Fsp3) is 0.273. The van der Waals surface area contributed by atoms with E-state index in [4.69, 9.17) is 5.73 Å². The summed E-state index contributed by atoms with van der Waals surface area (Å²) in [6, 6.07) is 7.86. The molecule has 0 fully saturated rings. The summed E-state index contributed by atoms with van der Waals surface area (Å²) in [5.74, 6) is -0.812. The molecule has 0 unspecified atom stereocenters. The van der Waals surface area contributed by atoms with Crippen molar-refractivity contribution in [2.24, 2.45) is 5.73 Å². The number of carbonyl (C=O) groups is 2. The SMILES string of the molecule is COC(=O)[C@@H](N)CNC(=O)c1ccccc1.Cl. The van der Waals surface area contributed by atoms with Crippen LogP contribution in [-0.2, 0) is 9.53 Å². The molecule has 6 heteroatoms. The smallest absolute Gasteiger partial charge is 0.324 e. The third kappa shape index (κ3) is 4.84. The van der Waals surface area contributed by atoms with Gasteiger partial charge in [0.1, 0.15) is 6.04 Å². The molecule has 0 radical (unpaired) electrons. The van der Waals surface area contributed by atoms with Gasteiger partial charge >= 0.3 is 5.97 Å². The topological polar surface area (TPSA) is 81.4 Å². The number of methoxy groups -OCH3 is 1. The predicted molar refractivity (Wildman–Crippen MR) is 66.0 cm³/mol. The number of hydrogen-bond donors (Lipinski definition) is 2. The molecule has 17 heavy (non-hydrogen) atoms. The van der Waals surface area contributed by atoms with Gasteiger partial charge in [0.2, 0.25) is 0 Å². The molecule has 0 heterocycles. The van der Waals surface area contributed by atoms with Gasteiger partial charge in [-0.15, -0.1) is 12.4 Å². The number of amides is 1. The maximum atomic E-state index is 11.5. The Balaban J connectivity index is 0.00000256. The molecule has 1 atom stereocenters. The summed E-state index contributed by atoms with van der Waals surface area (Å²) < 4.78 is 4.43. The third-order valence-corrected chi connectivity index (χ3v) is 2.02. The molecule has 1 aromatic carbocycles. The summed E-state index contributed by atoms with van der Waals surface area (Å²) in [5.41, 5.74) is 5.99. The number of hydrogen-bond acceptors (Lipinski definition) is 4. The van der Waals surface area contributed by atoms with Crippen LogP contribution in [0.4, 0.5) is 0 Å². The number of benzene rings is 1. The Hall–Kier alpha value is -1.59. The van der Waals surface area contributed by atoms with Gasteiger partial charge in [-0.3, -0.25) is 9.59 Å². The normalized spacial score (nSPS) is 10.9. The van der Waals surface area contributed by atoms with Gasteiger partial charge in [0.25, 0.3) is 5.91 Å². The van der Waals surface area contributed by atoms with E-state index in [0.717, 1.165) is 0 Å². The first-order chi connectivity index (χ1) is 7.65. The average Bonchev–Trinajstić information content (AvgIpc) is 2.35. The lowest BCUT2D eigenvalue weighted by atomic mass is 10.2. The summed E-state index contributed by atoms with van der Waals surface area (Å²) in [6.45, 7) is 0.0560. The molecule has 1 rings (SSSR count). The Morgan fingerprint density at radius 1 is 1.35 bits per heavy atom. The second-order valence-corrected chi connectivity index (χ2v) is 3.21. The van der Waals surface area contributed by atoms with Crippen molar-refractivity contribution in [3.8, 4) is 0 Å². The van der Waals surface area contributed by atoms with Crippen LogP contribution >= 0.6 is 12.4 Å². The molecule has 0 aromatic heterocycles. The van der Waals surface area contributed by atoms with Gasteiger partial charge in [-0.2, -0.15) is 0 Å². The van der Waals surface area contributed by atoms with Crippen LogP contribution in [0.3, 0.4) is 0 Å². The Kier molecular flexibility index (Phi) is 6.93. The van der Waals surface area contributed by atoms with Crippen LogP contribution in [0.2, 0.25) is 0 Å². The number of rotatable bonds is 4. The Morgan fingerprint density at radius 3 is 2.47 bits per heavy atom. The van der Waals surface area contributed by atoms with Crippen LogP contribution in [0.1, 0.15) is 10.4 Å². The molecule has 0 saturated heterocycles. The zero-order chi connectivity index (χ0) is 12.0. The predicted octanol–water partition coefficient (Wildman–Crippen LogP) is 0.339. The molecule has 0 spiro atoms. The number of nitrogens with two attached hydrogens (primary N) is 1. The molecule has 94 valence electrons. The lowest BCUT2D eigenvalue weighted by molar-refractivity contribution is -0.141. The molecular weight excluding hydrogens is 244 g/mol. The van der Waals surface area contributed by atoms with E-state index in [1.54, 1.807) is 24.3 Å². The monoisotopic (exact) mass is 258 g/mol. The molecule has 0 aliphatic rings. The van der Waals surface area contributed by atoms with E-state index < -0.39 is 12.0 Å². The molecule has 0 bridgehead atoms. The minimum atomic E-state index is -0.835. The van der Waals surface area contributed by atoms with Crippen molar-refractivity contribution in [1.82, 2.24) is 5.32 Å². The summed E-state index contributed by atoms with van der Waals surface area (Å²) in [4.78, 5) is 22.5. The van der Waals surface area contributed by atoms with Crippen molar-refractivity contribution in [3.63, 3.8) is 0 Å². The van der Waals surface area contributed by atoms with Gasteiger partial charge in [-0.1, -0.05) is 18.2 Å². The van der Waals surface area contributed by atoms with Crippen molar-refractivity contribution in [1.29, 1.82) is 0 Å². The number of carbonyl (C=O) groups excluding carboxylic acids is 2. The number of nitrogens with one attached hydrogen (secondary N) is 1. The van der Waals surface area contributed by atoms with Crippen LogP contribution in [0.15, 0.2) is 30.3 Å². The van der Waals surface area contributed by atoms with Crippen LogP contribution in [0.5, 0.6) is 0 Å². The van der Waals surface area contributed by atoms with E-state index in [2.05, 4.69) is 10.1 Å². The molecule has 1 aromatic rings. The molecule has 5 nitrogen and oxygen atoms in total. The average molecular weight is 259 g/mol. The number of esters is 1. The zero-order valence-electron chi connectivity index (χ0n) is 9.38. The van der Waals surface area contributed by atoms with Gasteiger partial charge in [-0.05, 0) is 12.1 Å². The quantitative estimate of drug-likeness (QED) is 0.763. The fourth-order valence-corrected chi connectivity index (χ4v) is 1.13. The minimum absolute atomic E-state index is 0. The maximum Gasteiger partial charge on any atom is 0.324 e. The number of ether oxygens (including phenoxy) is 1. The Bertz CT molecular complexity index is 370. The van der Waals surface area contributed by atoms with E-state index in [0.29, 0.717) is 5.56 Å². The standard InChI is InChI=1S/C11H14N2O3.ClH/c1-16-11(15)9(12)7-13-10(14)8-5-3-2-4-6-8;/h2-6,9H,7,12H2,1H3,(H,13,14);1H/t9-;/m0./s1. The van der Waals surface area contributed by atoms with Crippen molar-refractivity contribution < 1.29 is 14.3 Å². The number of halogens is 1. The molecule has 3 N–H and O–H groups in total. The highest BCUT2D eigenvalue weighted by Gasteiger charge is 2.14. The van der Waals surface area contributed by atoms with Crippen LogP contribution < -0.4 is 11.1 Å². The Morgan fingerprint density at radius 2 is 1.94 bits per heavy atom. The van der Waals surface area contributed by atoms with Crippen molar-refractivity contribution in [3.05, 3.63) is 35.9 Å². The van der Waals surface area contributed by atoms with Gasteiger partial charge in [0, 0.05) is 12.1 Å². The summed E-state index contributed by atoms with van der Waals surface area (Å²) in [5, 5.41) is 2.55. The molecule has 0 saturated carbocycles. The molecule has 0 aliphatic carbocycles. The first kappa shape index (κ1) is 15.4. The Labute approximate surface area is 106 Å². The molecule has 0 aliphatic heterocycles. The van der Waals surface area contributed by atoms with Gasteiger partial charge in [-0.25, -0.2) is 0 Å². The maximum absolute atomic E-state index is 11.5. The molecule has 1 amide bonds. The lowest BCUT2D eigenvalue weighted by Crippen LogP contribution is -2.43. The van der Waals surface area contributed by atoms with Gasteiger partial charge < -0.3 is 15.8 Å². The van der Waals surface area contributed by atoms with Gasteiger partial charge in [0.05, 0.1) is 7.11 Å². The highest BCUT2D eigenvalue weighted by Crippen LogP contribution is 1.97. The minimum Gasteiger partial charge on any atom is -0.468 e. The third-order valence-electron chi connectivity index (χ3n) is 2.02. The fourth-order valence-electron chi connectivity index (χ4n) is 1.13. The van der Waals surface area contributed by atoms with E-state index >= 15 is 0 Å². The van der Waals surface area contributed by atoms with Crippen LogP contribution in [0.25, 0.3) is 0 Å². The van der Waals surface area contributed by atoms with Gasteiger partial charge in [0.15, 0.2) is 0 Å². The summed E-state index contributed by atoms with van der Waals surface area (Å²) in [7, 11) is 1.25. The van der Waals surface area contributed by atoms with Crippen molar-refractivity contribution >= 4 is 24.3 Å². The second-order valence-electron chi connectivity index (χ2n) is 3.21. The highest BCUT2D eigenvalue weighted by molar-refractivity contribution is 5.94. The van der Waals surface area contributed by atoms with Crippen LogP contribution in [0, 0.1) is 0 Å². The van der Waals surface area contributed by atoms with E-state index in [1.807, 2.05) is 6.07 Å². The molecular formula is C11H15ClN2O3. The summed E-state index contributed by atoms with van der Waals surface area (Å²) in [6.07, 6.45) is 0. The highest BCUT2D eigenvalue weighted by atomic mass is 35.5. The van der Waals surface area contributed by atoms with E-state index in [1.165, 1.54) is 7.11 Å². The second kappa shape index (κ2) is 7.65. The summed E-state index contributed by atoms with van der Waals surface area (Å²) >= 11 is 0. The first-order valence-corrected chi connectivity index (χ1v) is 4.82.